The second-order valence-electron chi connectivity index (χ2n) is 7.24. The standard InChI is InChI=1S/C19H27N3O2S/c25-19(20-16-4-2-1-3-5-16)22-10-8-21(9-11-22)13-15-6-7-17-18(12-15)24-14-23-17/h6-7,12,16H,1-5,8-11,13-14H2,(H,20,25). The van der Waals surface area contributed by atoms with Crippen molar-refractivity contribution in [3.8, 4) is 11.5 Å². The van der Waals surface area contributed by atoms with Crippen molar-refractivity contribution in [2.45, 2.75) is 44.7 Å². The Bertz CT molecular complexity index is 611. The van der Waals surface area contributed by atoms with E-state index in [1.807, 2.05) is 6.07 Å². The molecule has 4 rings (SSSR count). The van der Waals surface area contributed by atoms with E-state index in [4.69, 9.17) is 21.7 Å². The topological polar surface area (TPSA) is 37.0 Å². The summed E-state index contributed by atoms with van der Waals surface area (Å²) in [6, 6.07) is 6.84. The number of thiocarbonyl (C=S) groups is 1. The summed E-state index contributed by atoms with van der Waals surface area (Å²) in [6.45, 7) is 5.38. The van der Waals surface area contributed by atoms with E-state index in [1.165, 1.54) is 37.7 Å². The molecule has 0 radical (unpaired) electrons. The Kier molecular flexibility index (Phi) is 5.27. The Labute approximate surface area is 155 Å². The molecule has 0 amide bonds. The summed E-state index contributed by atoms with van der Waals surface area (Å²) in [5, 5.41) is 4.54. The Morgan fingerprint density at radius 1 is 1.04 bits per heavy atom. The van der Waals surface area contributed by atoms with Crippen LogP contribution < -0.4 is 14.8 Å². The molecule has 0 spiro atoms. The highest BCUT2D eigenvalue weighted by Gasteiger charge is 2.22. The first kappa shape index (κ1) is 16.9. The van der Waals surface area contributed by atoms with Gasteiger partial charge >= 0.3 is 0 Å². The second-order valence-corrected chi connectivity index (χ2v) is 7.62. The molecule has 5 nitrogen and oxygen atoms in total. The van der Waals surface area contributed by atoms with Gasteiger partial charge < -0.3 is 19.7 Å². The minimum atomic E-state index is 0.336. The van der Waals surface area contributed by atoms with Crippen LogP contribution in [0.5, 0.6) is 11.5 Å². The highest BCUT2D eigenvalue weighted by molar-refractivity contribution is 7.80. The zero-order chi connectivity index (χ0) is 17.1. The van der Waals surface area contributed by atoms with Crippen LogP contribution in [0, 0.1) is 0 Å². The van der Waals surface area contributed by atoms with Crippen LogP contribution in [-0.2, 0) is 6.54 Å². The number of piperazine rings is 1. The summed E-state index contributed by atoms with van der Waals surface area (Å²) in [4.78, 5) is 4.82. The molecule has 25 heavy (non-hydrogen) atoms. The number of rotatable bonds is 3. The molecular weight excluding hydrogens is 334 g/mol. The molecule has 2 fully saturated rings. The zero-order valence-corrected chi connectivity index (χ0v) is 15.5. The summed E-state index contributed by atoms with van der Waals surface area (Å²) >= 11 is 5.64. The lowest BCUT2D eigenvalue weighted by molar-refractivity contribution is 0.171. The van der Waals surface area contributed by atoms with Gasteiger partial charge in [-0.15, -0.1) is 0 Å². The highest BCUT2D eigenvalue weighted by atomic mass is 32.1. The number of ether oxygens (including phenoxy) is 2. The van der Waals surface area contributed by atoms with Gasteiger partial charge in [0.25, 0.3) is 0 Å². The molecule has 136 valence electrons. The Morgan fingerprint density at radius 2 is 1.80 bits per heavy atom. The molecule has 0 atom stereocenters. The number of nitrogens with one attached hydrogen (secondary N) is 1. The van der Waals surface area contributed by atoms with Gasteiger partial charge in [0.15, 0.2) is 16.6 Å². The third kappa shape index (κ3) is 4.18. The van der Waals surface area contributed by atoms with Crippen molar-refractivity contribution in [1.82, 2.24) is 15.1 Å². The average Bonchev–Trinajstić information content (AvgIpc) is 3.11. The number of nitrogens with zero attached hydrogens (tertiary/aromatic N) is 2. The first-order valence-electron chi connectivity index (χ1n) is 9.44. The van der Waals surface area contributed by atoms with Gasteiger partial charge in [-0.1, -0.05) is 25.3 Å². The van der Waals surface area contributed by atoms with E-state index in [0.29, 0.717) is 12.8 Å². The van der Waals surface area contributed by atoms with E-state index in [2.05, 4.69) is 27.2 Å². The maximum atomic E-state index is 5.64. The Morgan fingerprint density at radius 3 is 2.60 bits per heavy atom. The lowest BCUT2D eigenvalue weighted by Crippen LogP contribution is -2.53. The molecule has 1 aromatic rings. The summed E-state index contributed by atoms with van der Waals surface area (Å²) in [5.41, 5.74) is 1.28. The number of hydrogen-bond acceptors (Lipinski definition) is 4. The van der Waals surface area contributed by atoms with Gasteiger partial charge in [0, 0.05) is 38.8 Å². The first-order valence-corrected chi connectivity index (χ1v) is 9.85. The average molecular weight is 362 g/mol. The van der Waals surface area contributed by atoms with Crippen LogP contribution in [0.25, 0.3) is 0 Å². The van der Waals surface area contributed by atoms with Crippen LogP contribution in [0.2, 0.25) is 0 Å². The second kappa shape index (κ2) is 7.79. The van der Waals surface area contributed by atoms with Gasteiger partial charge in [0.05, 0.1) is 0 Å². The Balaban J connectivity index is 1.24. The van der Waals surface area contributed by atoms with Crippen LogP contribution in [-0.4, -0.2) is 53.9 Å². The summed E-state index contributed by atoms with van der Waals surface area (Å²) in [6.07, 6.45) is 6.59. The predicted octanol–water partition coefficient (Wildman–Crippen LogP) is 2.74. The fourth-order valence-electron chi connectivity index (χ4n) is 3.92. The number of hydrogen-bond donors (Lipinski definition) is 1. The Hall–Kier alpha value is -1.53. The van der Waals surface area contributed by atoms with Crippen LogP contribution >= 0.6 is 12.2 Å². The molecule has 0 unspecified atom stereocenters. The molecule has 0 bridgehead atoms. The molecule has 0 aromatic heterocycles. The molecule has 6 heteroatoms. The number of benzene rings is 1. The summed E-state index contributed by atoms with van der Waals surface area (Å²) in [7, 11) is 0. The van der Waals surface area contributed by atoms with Crippen molar-refractivity contribution in [1.29, 1.82) is 0 Å². The van der Waals surface area contributed by atoms with E-state index >= 15 is 0 Å². The lowest BCUT2D eigenvalue weighted by atomic mass is 9.96. The van der Waals surface area contributed by atoms with E-state index in [9.17, 15) is 0 Å². The van der Waals surface area contributed by atoms with E-state index in [-0.39, 0.29) is 0 Å². The predicted molar refractivity (Wildman–Crippen MR) is 102 cm³/mol. The molecule has 1 N–H and O–H groups in total. The molecule has 2 aliphatic heterocycles. The van der Waals surface area contributed by atoms with Crippen molar-refractivity contribution >= 4 is 17.3 Å². The first-order chi connectivity index (χ1) is 12.3. The molecule has 1 aliphatic carbocycles. The van der Waals surface area contributed by atoms with Gasteiger partial charge in [-0.05, 0) is 42.8 Å². The largest absolute Gasteiger partial charge is 0.454 e. The maximum Gasteiger partial charge on any atom is 0.231 e. The van der Waals surface area contributed by atoms with Crippen molar-refractivity contribution in [3.63, 3.8) is 0 Å². The maximum absolute atomic E-state index is 5.64. The van der Waals surface area contributed by atoms with Crippen molar-refractivity contribution in [3.05, 3.63) is 23.8 Å². The van der Waals surface area contributed by atoms with Crippen LogP contribution in [0.3, 0.4) is 0 Å². The SMILES string of the molecule is S=C(NC1CCCCC1)N1CCN(Cc2ccc3c(c2)OCO3)CC1. The summed E-state index contributed by atoms with van der Waals surface area (Å²) in [5.74, 6) is 1.72. The van der Waals surface area contributed by atoms with E-state index < -0.39 is 0 Å². The van der Waals surface area contributed by atoms with Gasteiger partial charge in [-0.3, -0.25) is 4.90 Å². The number of fused-ring (bicyclic) bond motifs is 1. The molecule has 2 heterocycles. The fourth-order valence-corrected chi connectivity index (χ4v) is 4.27. The highest BCUT2D eigenvalue weighted by Crippen LogP contribution is 2.32. The third-order valence-corrected chi connectivity index (χ3v) is 5.81. The normalized spacial score (nSPS) is 21.4. The van der Waals surface area contributed by atoms with Gasteiger partial charge in [0.1, 0.15) is 0 Å². The molecule has 1 saturated heterocycles. The smallest absolute Gasteiger partial charge is 0.231 e. The molecular formula is C19H27N3O2S. The van der Waals surface area contributed by atoms with Crippen molar-refractivity contribution in [2.75, 3.05) is 33.0 Å². The fraction of sp³-hybridized carbons (Fsp3) is 0.632. The van der Waals surface area contributed by atoms with Gasteiger partial charge in [-0.25, -0.2) is 0 Å². The quantitative estimate of drug-likeness (QED) is 0.835. The molecule has 1 aromatic carbocycles. The van der Waals surface area contributed by atoms with Crippen molar-refractivity contribution < 1.29 is 9.47 Å². The monoisotopic (exact) mass is 361 g/mol. The van der Waals surface area contributed by atoms with E-state index in [0.717, 1.165) is 49.3 Å². The molecule has 1 saturated carbocycles. The minimum Gasteiger partial charge on any atom is -0.454 e. The van der Waals surface area contributed by atoms with Gasteiger partial charge in [-0.2, -0.15) is 0 Å². The zero-order valence-electron chi connectivity index (χ0n) is 14.7. The third-order valence-electron chi connectivity index (χ3n) is 5.44. The van der Waals surface area contributed by atoms with Crippen LogP contribution in [0.15, 0.2) is 18.2 Å². The van der Waals surface area contributed by atoms with Crippen molar-refractivity contribution in [2.24, 2.45) is 0 Å². The summed E-state index contributed by atoms with van der Waals surface area (Å²) < 4.78 is 10.9. The molecule has 3 aliphatic rings. The minimum absolute atomic E-state index is 0.336. The van der Waals surface area contributed by atoms with Crippen LogP contribution in [0.1, 0.15) is 37.7 Å². The lowest BCUT2D eigenvalue weighted by Gasteiger charge is -2.37. The van der Waals surface area contributed by atoms with Crippen LogP contribution in [0.4, 0.5) is 0 Å². The van der Waals surface area contributed by atoms with E-state index in [1.54, 1.807) is 0 Å². The van der Waals surface area contributed by atoms with Gasteiger partial charge in [0.2, 0.25) is 6.79 Å².